The van der Waals surface area contributed by atoms with Crippen LogP contribution in [0.15, 0.2) is 37.6 Å². The van der Waals surface area contributed by atoms with Gasteiger partial charge in [0.1, 0.15) is 0 Å². The van der Waals surface area contributed by atoms with Gasteiger partial charge in [0.05, 0.1) is 16.3 Å². The molecule has 1 aliphatic carbocycles. The van der Waals surface area contributed by atoms with Gasteiger partial charge in [-0.2, -0.15) is 26.3 Å². The number of aromatic nitrogens is 2. The lowest BCUT2D eigenvalue weighted by atomic mass is 9.90. The van der Waals surface area contributed by atoms with Crippen molar-refractivity contribution in [2.45, 2.75) is 51.6 Å². The molecule has 0 saturated heterocycles. The molecule has 0 radical (unpaired) electrons. The average molecular weight is 722 g/mol. The third-order valence-electron chi connectivity index (χ3n) is 7.13. The minimum absolute atomic E-state index is 0.148. The van der Waals surface area contributed by atoms with Crippen molar-refractivity contribution in [1.29, 1.82) is 0 Å². The van der Waals surface area contributed by atoms with Crippen molar-refractivity contribution in [1.82, 2.24) is 18.9 Å². The van der Waals surface area contributed by atoms with Gasteiger partial charge in [-0.3, -0.25) is 28.5 Å². The summed E-state index contributed by atoms with van der Waals surface area (Å²) in [6, 6.07) is 5.00. The van der Waals surface area contributed by atoms with E-state index in [1.165, 1.54) is 9.13 Å². The normalized spacial score (nSPS) is 12.5. The highest BCUT2D eigenvalue weighted by Crippen LogP contribution is 2.36. The quantitative estimate of drug-likeness (QED) is 0.163. The molecule has 1 aromatic heterocycles. The highest BCUT2D eigenvalue weighted by molar-refractivity contribution is 6.15. The highest BCUT2D eigenvalue weighted by Gasteiger charge is 2.39. The summed E-state index contributed by atoms with van der Waals surface area (Å²) in [5.74, 6) is -5.66. The van der Waals surface area contributed by atoms with E-state index in [1.807, 2.05) is 44.9 Å². The Morgan fingerprint density at radius 3 is 1.66 bits per heavy atom. The summed E-state index contributed by atoms with van der Waals surface area (Å²) in [5, 5.41) is 27.5. The summed E-state index contributed by atoms with van der Waals surface area (Å²) in [5.41, 5.74) is -0.326. The first-order chi connectivity index (χ1) is 23.1. The standard InChI is InChI=1S/C27H35N5O4.2C2HF3O2/c1-6-11-28-20-16-19-21-17(24(33)31(26(19)35)14-7-12-29(2)3)9-10-18-22(21)23(20)27(36)32(25(18)34)15-8-13-30(4)5;2*3-2(4,5)1(6)7/h9-10,16,34H,6-8,11-15H2,1-5H3;2*(H,6,7). The van der Waals surface area contributed by atoms with Gasteiger partial charge in [-0.25, -0.2) is 9.59 Å². The molecule has 13 nitrogen and oxygen atoms in total. The Kier molecular flexibility index (Phi) is 13.9. The molecule has 1 aliphatic heterocycles. The van der Waals surface area contributed by atoms with E-state index < -0.39 is 24.3 Å². The van der Waals surface area contributed by atoms with E-state index in [0.717, 1.165) is 19.5 Å². The first-order valence-corrected chi connectivity index (χ1v) is 15.0. The van der Waals surface area contributed by atoms with Gasteiger partial charge in [0.25, 0.3) is 16.7 Å². The van der Waals surface area contributed by atoms with Crippen LogP contribution in [0, 0.1) is 0 Å². The molecule has 0 unspecified atom stereocenters. The van der Waals surface area contributed by atoms with E-state index in [2.05, 4.69) is 4.99 Å². The number of halogens is 6. The fourth-order valence-electron chi connectivity index (χ4n) is 4.92. The Balaban J connectivity index is 0.000000521. The van der Waals surface area contributed by atoms with Crippen molar-refractivity contribution in [2.75, 3.05) is 47.8 Å². The zero-order valence-corrected chi connectivity index (χ0v) is 27.8. The maximum atomic E-state index is 13.7. The molecule has 276 valence electrons. The first-order valence-electron chi connectivity index (χ1n) is 15.0. The van der Waals surface area contributed by atoms with E-state index in [0.29, 0.717) is 70.5 Å². The minimum Gasteiger partial charge on any atom is -0.494 e. The van der Waals surface area contributed by atoms with Crippen LogP contribution >= 0.6 is 0 Å². The van der Waals surface area contributed by atoms with E-state index in [-0.39, 0.29) is 22.6 Å². The Morgan fingerprint density at radius 2 is 1.22 bits per heavy atom. The van der Waals surface area contributed by atoms with Crippen LogP contribution in [0.5, 0.6) is 5.88 Å². The van der Waals surface area contributed by atoms with Crippen LogP contribution in [0.1, 0.15) is 26.2 Å². The summed E-state index contributed by atoms with van der Waals surface area (Å²) >= 11 is 0. The van der Waals surface area contributed by atoms with Gasteiger partial charge in [0.15, 0.2) is 0 Å². The SMILES string of the molecule is CCCN=c1cc2c(=O)n(CCCN(C)C)c(=O)c3ccc4c(O)n(CCCN(C)C)c(=O)c1c4c3-2.O=C(O)C(F)(F)F.O=C(O)C(F)(F)F. The van der Waals surface area contributed by atoms with Crippen molar-refractivity contribution in [3.63, 3.8) is 0 Å². The van der Waals surface area contributed by atoms with Gasteiger partial charge in [0, 0.05) is 41.4 Å². The molecule has 3 N–H and O–H groups in total. The first kappa shape index (κ1) is 41.4. The number of nitrogens with zero attached hydrogens (tertiary/aromatic N) is 5. The lowest BCUT2D eigenvalue weighted by Crippen LogP contribution is -2.37. The summed E-state index contributed by atoms with van der Waals surface area (Å²) in [4.78, 5) is 67.2. The summed E-state index contributed by atoms with van der Waals surface area (Å²) in [6.07, 6.45) is -8.06. The van der Waals surface area contributed by atoms with E-state index in [4.69, 9.17) is 19.8 Å². The third kappa shape index (κ3) is 9.90. The molecule has 0 amide bonds. The van der Waals surface area contributed by atoms with Crippen molar-refractivity contribution in [2.24, 2.45) is 4.99 Å². The van der Waals surface area contributed by atoms with Crippen LogP contribution in [-0.2, 0) is 22.7 Å². The number of aromatic hydroxyl groups is 1. The summed E-state index contributed by atoms with van der Waals surface area (Å²) < 4.78 is 66.1. The predicted octanol–water partition coefficient (Wildman–Crippen LogP) is 2.84. The van der Waals surface area contributed by atoms with Crippen LogP contribution in [0.25, 0.3) is 32.7 Å². The molecular formula is C31H37F6N5O8. The maximum absolute atomic E-state index is 13.7. The molecule has 0 spiro atoms. The Hall–Kier alpha value is -4.78. The number of pyridine rings is 2. The molecule has 1 aromatic carbocycles. The third-order valence-corrected chi connectivity index (χ3v) is 7.13. The van der Waals surface area contributed by atoms with Crippen LogP contribution in [0.2, 0.25) is 0 Å². The summed E-state index contributed by atoms with van der Waals surface area (Å²) in [6.45, 7) is 4.65. The number of alkyl halides is 6. The van der Waals surface area contributed by atoms with Gasteiger partial charge in [0.2, 0.25) is 5.88 Å². The van der Waals surface area contributed by atoms with E-state index in [9.17, 15) is 45.8 Å². The number of rotatable bonds is 10. The van der Waals surface area contributed by atoms with Gasteiger partial charge in [-0.1, -0.05) is 6.92 Å². The van der Waals surface area contributed by atoms with Crippen molar-refractivity contribution >= 4 is 33.5 Å². The molecule has 4 rings (SSSR count). The largest absolute Gasteiger partial charge is 0.494 e. The molecule has 50 heavy (non-hydrogen) atoms. The predicted molar refractivity (Wildman–Crippen MR) is 171 cm³/mol. The maximum Gasteiger partial charge on any atom is 0.490 e. The molecule has 2 heterocycles. The van der Waals surface area contributed by atoms with Crippen molar-refractivity contribution in [3.8, 4) is 17.0 Å². The van der Waals surface area contributed by atoms with E-state index >= 15 is 0 Å². The highest BCUT2D eigenvalue weighted by atomic mass is 19.4. The number of benzene rings is 2. The zero-order chi connectivity index (χ0) is 38.3. The van der Waals surface area contributed by atoms with Crippen molar-refractivity contribution < 1.29 is 51.3 Å². The smallest absolute Gasteiger partial charge is 0.490 e. The average Bonchev–Trinajstić information content (AvgIpc) is 3.00. The monoisotopic (exact) mass is 721 g/mol. The van der Waals surface area contributed by atoms with Crippen molar-refractivity contribution in [3.05, 3.63) is 54.6 Å². The van der Waals surface area contributed by atoms with Gasteiger partial charge in [-0.15, -0.1) is 0 Å². The molecule has 2 aliphatic rings. The van der Waals surface area contributed by atoms with Crippen LogP contribution in [-0.4, -0.2) is 106 Å². The van der Waals surface area contributed by atoms with Gasteiger partial charge < -0.3 is 25.1 Å². The Bertz CT molecular complexity index is 1980. The number of hydrogen-bond donors (Lipinski definition) is 3. The number of hydrogen-bond acceptors (Lipinski definition) is 9. The molecular weight excluding hydrogens is 684 g/mol. The van der Waals surface area contributed by atoms with Crippen LogP contribution in [0.3, 0.4) is 0 Å². The molecule has 19 heteroatoms. The van der Waals surface area contributed by atoms with E-state index in [1.54, 1.807) is 18.2 Å². The fraction of sp³-hybridized carbons (Fsp3) is 0.484. The number of carboxylic acid groups (broad SMARTS) is 2. The Labute approximate surface area is 279 Å². The van der Waals surface area contributed by atoms with Crippen LogP contribution in [0.4, 0.5) is 26.3 Å². The molecule has 0 saturated carbocycles. The lowest BCUT2D eigenvalue weighted by molar-refractivity contribution is -0.193. The lowest BCUT2D eigenvalue weighted by Gasteiger charge is -2.20. The zero-order valence-electron chi connectivity index (χ0n) is 27.8. The molecule has 2 aromatic rings. The fourth-order valence-corrected chi connectivity index (χ4v) is 4.92. The summed E-state index contributed by atoms with van der Waals surface area (Å²) in [7, 11) is 7.81. The van der Waals surface area contributed by atoms with Crippen LogP contribution < -0.4 is 22.0 Å². The molecule has 0 atom stereocenters. The number of carbonyl (C=O) groups is 2. The van der Waals surface area contributed by atoms with Gasteiger partial charge >= 0.3 is 24.3 Å². The number of carboxylic acids is 2. The van der Waals surface area contributed by atoms with Gasteiger partial charge in [-0.05, 0) is 78.7 Å². The Morgan fingerprint density at radius 1 is 0.760 bits per heavy atom. The minimum atomic E-state index is -5.08. The second kappa shape index (κ2) is 16.8. The second-order valence-corrected chi connectivity index (χ2v) is 11.6. The number of aliphatic carboxylic acids is 2. The topological polar surface area (TPSA) is 175 Å². The second-order valence-electron chi connectivity index (χ2n) is 11.6. The molecule has 0 fully saturated rings. The molecule has 0 bridgehead atoms.